The van der Waals surface area contributed by atoms with Crippen molar-refractivity contribution in [1.82, 2.24) is 25.1 Å². The van der Waals surface area contributed by atoms with Gasteiger partial charge in [0.05, 0.1) is 18.4 Å². The van der Waals surface area contributed by atoms with Crippen LogP contribution in [0.2, 0.25) is 0 Å². The fourth-order valence-electron chi connectivity index (χ4n) is 1.99. The van der Waals surface area contributed by atoms with Gasteiger partial charge in [-0.3, -0.25) is 0 Å². The summed E-state index contributed by atoms with van der Waals surface area (Å²) in [6.45, 7) is 3.61. The summed E-state index contributed by atoms with van der Waals surface area (Å²) in [5.74, 6) is 1.82. The van der Waals surface area contributed by atoms with E-state index in [9.17, 15) is 0 Å². The van der Waals surface area contributed by atoms with Crippen LogP contribution in [0.5, 0.6) is 5.88 Å². The molecule has 6 nitrogen and oxygen atoms in total. The summed E-state index contributed by atoms with van der Waals surface area (Å²) in [4.78, 5) is 7.26. The summed E-state index contributed by atoms with van der Waals surface area (Å²) < 4.78 is 7.10. The molecule has 0 saturated carbocycles. The normalized spacial score (nSPS) is 10.8. The highest BCUT2D eigenvalue weighted by Gasteiger charge is 2.12. The first kappa shape index (κ1) is 12.6. The average molecular weight is 249 g/mol. The molecule has 0 amide bonds. The Hall–Kier alpha value is -1.82. The lowest BCUT2D eigenvalue weighted by molar-refractivity contribution is 0.368. The lowest BCUT2D eigenvalue weighted by Crippen LogP contribution is -2.18. The zero-order valence-corrected chi connectivity index (χ0v) is 11.0. The third-order valence-electron chi connectivity index (χ3n) is 2.88. The van der Waals surface area contributed by atoms with E-state index in [4.69, 9.17) is 4.74 Å². The lowest BCUT2D eigenvalue weighted by atomic mass is 10.2. The Labute approximate surface area is 106 Å². The van der Waals surface area contributed by atoms with Crippen molar-refractivity contribution in [3.05, 3.63) is 29.5 Å². The van der Waals surface area contributed by atoms with Crippen molar-refractivity contribution < 1.29 is 4.74 Å². The Kier molecular flexibility index (Phi) is 3.99. The van der Waals surface area contributed by atoms with Gasteiger partial charge in [-0.1, -0.05) is 0 Å². The lowest BCUT2D eigenvalue weighted by Gasteiger charge is -2.06. The highest BCUT2D eigenvalue weighted by molar-refractivity contribution is 5.30. The molecule has 0 aliphatic heterocycles. The maximum Gasteiger partial charge on any atom is 0.216 e. The van der Waals surface area contributed by atoms with E-state index >= 15 is 0 Å². The van der Waals surface area contributed by atoms with Gasteiger partial charge in [-0.15, -0.1) is 0 Å². The van der Waals surface area contributed by atoms with Crippen LogP contribution in [-0.2, 0) is 20.0 Å². The van der Waals surface area contributed by atoms with E-state index in [1.807, 2.05) is 20.2 Å². The number of nitrogens with zero attached hydrogens (tertiary/aromatic N) is 3. The van der Waals surface area contributed by atoms with Crippen molar-refractivity contribution in [3.63, 3.8) is 0 Å². The summed E-state index contributed by atoms with van der Waals surface area (Å²) >= 11 is 0. The SMILES string of the molecule is COc1c(CNCCc2ncc[nH]2)c(C)nn1C. The number of hydrogen-bond donors (Lipinski definition) is 2. The molecule has 0 aliphatic carbocycles. The van der Waals surface area contributed by atoms with Gasteiger partial charge in [0.2, 0.25) is 5.88 Å². The molecular formula is C12H19N5O. The highest BCUT2D eigenvalue weighted by atomic mass is 16.5. The van der Waals surface area contributed by atoms with Gasteiger partial charge >= 0.3 is 0 Å². The van der Waals surface area contributed by atoms with Gasteiger partial charge in [0, 0.05) is 39.0 Å². The molecule has 0 aliphatic rings. The first-order chi connectivity index (χ1) is 8.72. The number of aryl methyl sites for hydroxylation is 2. The van der Waals surface area contributed by atoms with Crippen LogP contribution in [0.1, 0.15) is 17.1 Å². The topological polar surface area (TPSA) is 67.8 Å². The maximum absolute atomic E-state index is 5.34. The molecule has 0 radical (unpaired) electrons. The van der Waals surface area contributed by atoms with E-state index in [0.29, 0.717) is 0 Å². The van der Waals surface area contributed by atoms with Gasteiger partial charge < -0.3 is 15.0 Å². The van der Waals surface area contributed by atoms with E-state index < -0.39 is 0 Å². The van der Waals surface area contributed by atoms with E-state index in [1.165, 1.54) is 0 Å². The second-order valence-corrected chi connectivity index (χ2v) is 4.16. The average Bonchev–Trinajstić information content (AvgIpc) is 2.93. The largest absolute Gasteiger partial charge is 0.481 e. The van der Waals surface area contributed by atoms with Crippen LogP contribution in [0.15, 0.2) is 12.4 Å². The van der Waals surface area contributed by atoms with Crippen molar-refractivity contribution in [2.45, 2.75) is 19.9 Å². The van der Waals surface area contributed by atoms with Gasteiger partial charge in [-0.25, -0.2) is 9.67 Å². The van der Waals surface area contributed by atoms with Crippen LogP contribution >= 0.6 is 0 Å². The minimum atomic E-state index is 0.754. The van der Waals surface area contributed by atoms with Crippen molar-refractivity contribution >= 4 is 0 Å². The third-order valence-corrected chi connectivity index (χ3v) is 2.88. The van der Waals surface area contributed by atoms with Crippen LogP contribution in [0.25, 0.3) is 0 Å². The third kappa shape index (κ3) is 2.70. The standard InChI is InChI=1S/C12H19N5O/c1-9-10(12(18-3)17(2)16-9)8-13-5-4-11-14-6-7-15-11/h6-7,13H,4-5,8H2,1-3H3,(H,14,15). The molecule has 0 spiro atoms. The van der Waals surface area contributed by atoms with E-state index in [2.05, 4.69) is 20.4 Å². The molecule has 0 atom stereocenters. The van der Waals surface area contributed by atoms with Crippen molar-refractivity contribution in [2.24, 2.45) is 7.05 Å². The minimum Gasteiger partial charge on any atom is -0.481 e. The van der Waals surface area contributed by atoms with Gasteiger partial charge in [0.1, 0.15) is 5.82 Å². The van der Waals surface area contributed by atoms with Crippen LogP contribution < -0.4 is 10.1 Å². The summed E-state index contributed by atoms with van der Waals surface area (Å²) in [5, 5.41) is 7.72. The molecule has 6 heteroatoms. The number of rotatable bonds is 6. The molecule has 0 saturated heterocycles. The van der Waals surface area contributed by atoms with Crippen LogP contribution in [0.4, 0.5) is 0 Å². The van der Waals surface area contributed by atoms with Gasteiger partial charge in [0.15, 0.2) is 0 Å². The Morgan fingerprint density at radius 2 is 2.33 bits per heavy atom. The smallest absolute Gasteiger partial charge is 0.216 e. The maximum atomic E-state index is 5.34. The van der Waals surface area contributed by atoms with Crippen molar-refractivity contribution in [2.75, 3.05) is 13.7 Å². The van der Waals surface area contributed by atoms with Gasteiger partial charge in [0.25, 0.3) is 0 Å². The molecule has 2 aromatic heterocycles. The molecule has 2 rings (SSSR count). The Morgan fingerprint density at radius 1 is 1.50 bits per heavy atom. The molecule has 18 heavy (non-hydrogen) atoms. The van der Waals surface area contributed by atoms with Crippen molar-refractivity contribution in [1.29, 1.82) is 0 Å². The molecule has 0 aromatic carbocycles. The number of H-pyrrole nitrogens is 1. The first-order valence-corrected chi connectivity index (χ1v) is 5.97. The number of aromatic nitrogens is 4. The number of imidazole rings is 1. The Morgan fingerprint density at radius 3 is 3.00 bits per heavy atom. The number of hydrogen-bond acceptors (Lipinski definition) is 4. The van der Waals surface area contributed by atoms with E-state index in [0.717, 1.165) is 42.5 Å². The second-order valence-electron chi connectivity index (χ2n) is 4.16. The van der Waals surface area contributed by atoms with Crippen LogP contribution in [-0.4, -0.2) is 33.4 Å². The van der Waals surface area contributed by atoms with E-state index in [1.54, 1.807) is 18.0 Å². The summed E-state index contributed by atoms with van der Waals surface area (Å²) in [5.41, 5.74) is 2.11. The van der Waals surface area contributed by atoms with E-state index in [-0.39, 0.29) is 0 Å². The van der Waals surface area contributed by atoms with Gasteiger partial charge in [-0.05, 0) is 6.92 Å². The number of methoxy groups -OCH3 is 1. The molecule has 98 valence electrons. The molecule has 2 aromatic rings. The molecule has 0 fully saturated rings. The van der Waals surface area contributed by atoms with Gasteiger partial charge in [-0.2, -0.15) is 5.10 Å². The molecule has 0 unspecified atom stereocenters. The molecule has 2 N–H and O–H groups in total. The minimum absolute atomic E-state index is 0.754. The Bertz CT molecular complexity index is 489. The second kappa shape index (κ2) is 5.68. The summed E-state index contributed by atoms with van der Waals surface area (Å²) in [6, 6.07) is 0. The monoisotopic (exact) mass is 249 g/mol. The molecular weight excluding hydrogens is 230 g/mol. The zero-order chi connectivity index (χ0) is 13.0. The Balaban J connectivity index is 1.86. The predicted octanol–water partition coefficient (Wildman–Crippen LogP) is 0.793. The summed E-state index contributed by atoms with van der Waals surface area (Å²) in [6.07, 6.45) is 4.49. The summed E-state index contributed by atoms with van der Waals surface area (Å²) in [7, 11) is 3.56. The predicted molar refractivity (Wildman–Crippen MR) is 68.5 cm³/mol. The number of nitrogens with one attached hydrogen (secondary N) is 2. The highest BCUT2D eigenvalue weighted by Crippen LogP contribution is 2.20. The van der Waals surface area contributed by atoms with Crippen molar-refractivity contribution in [3.8, 4) is 5.88 Å². The molecule has 0 bridgehead atoms. The number of aromatic amines is 1. The first-order valence-electron chi connectivity index (χ1n) is 5.97. The number of ether oxygens (including phenoxy) is 1. The zero-order valence-electron chi connectivity index (χ0n) is 11.0. The van der Waals surface area contributed by atoms with Crippen LogP contribution in [0.3, 0.4) is 0 Å². The fourth-order valence-corrected chi connectivity index (χ4v) is 1.99. The van der Waals surface area contributed by atoms with Crippen LogP contribution in [0, 0.1) is 6.92 Å². The quantitative estimate of drug-likeness (QED) is 0.743. The molecule has 2 heterocycles. The fraction of sp³-hybridized carbons (Fsp3) is 0.500.